The van der Waals surface area contributed by atoms with Gasteiger partial charge in [-0.1, -0.05) is 61.7 Å². The highest BCUT2D eigenvalue weighted by atomic mass is 16.1. The second-order valence-corrected chi connectivity index (χ2v) is 9.43. The van der Waals surface area contributed by atoms with Crippen molar-refractivity contribution >= 4 is 10.9 Å². The first-order valence-electron chi connectivity index (χ1n) is 12.3. The highest BCUT2D eigenvalue weighted by Gasteiger charge is 2.32. The second-order valence-electron chi connectivity index (χ2n) is 9.43. The summed E-state index contributed by atoms with van der Waals surface area (Å²) in [5.74, 6) is 0.867. The van der Waals surface area contributed by atoms with Gasteiger partial charge in [0.2, 0.25) is 0 Å². The van der Waals surface area contributed by atoms with Crippen LogP contribution >= 0.6 is 0 Å². The van der Waals surface area contributed by atoms with E-state index in [1.165, 1.54) is 24.0 Å². The molecule has 0 radical (unpaired) electrons. The molecule has 0 amide bonds. The summed E-state index contributed by atoms with van der Waals surface area (Å²) in [7, 11) is 0. The molecular weight excluding hydrogens is 424 g/mol. The van der Waals surface area contributed by atoms with Gasteiger partial charge in [-0.3, -0.25) is 9.69 Å². The number of fused-ring (bicyclic) bond motifs is 1. The molecule has 1 N–H and O–H groups in total. The van der Waals surface area contributed by atoms with Crippen LogP contribution in [0.5, 0.6) is 0 Å². The Hall–Kier alpha value is -3.32. The van der Waals surface area contributed by atoms with Crippen molar-refractivity contribution in [1.29, 1.82) is 0 Å². The minimum Gasteiger partial charge on any atom is -0.322 e. The summed E-state index contributed by atoms with van der Waals surface area (Å²) < 4.78 is 1.92. The number of pyridine rings is 1. The van der Waals surface area contributed by atoms with E-state index < -0.39 is 0 Å². The first kappa shape index (κ1) is 22.5. The Bertz CT molecular complexity index is 1310. The highest BCUT2D eigenvalue weighted by molar-refractivity contribution is 5.79. The van der Waals surface area contributed by atoms with E-state index in [0.29, 0.717) is 19.1 Å². The number of tetrazole rings is 1. The van der Waals surface area contributed by atoms with Gasteiger partial charge in [0.05, 0.1) is 12.6 Å². The molecule has 0 aliphatic heterocycles. The zero-order chi connectivity index (χ0) is 23.5. The average Bonchev–Trinajstić information content (AvgIpc) is 3.53. The van der Waals surface area contributed by atoms with Crippen LogP contribution < -0.4 is 5.56 Å². The van der Waals surface area contributed by atoms with Crippen LogP contribution in [-0.4, -0.2) is 36.1 Å². The molecule has 0 saturated heterocycles. The van der Waals surface area contributed by atoms with Gasteiger partial charge in [0, 0.05) is 23.7 Å². The molecule has 7 heteroatoms. The number of nitrogens with one attached hydrogen (secondary N) is 1. The standard InChI is InChI=1S/C27H32N6O/c1-3-25(26-29-30-31-33(26)17-20-9-5-4-6-10-20)32(23-11-7-8-12-23)18-22-16-21-15-19(2)13-14-24(21)28-27(22)34/h4-6,9-10,13-16,23,25H,3,7-8,11-12,17-18H2,1-2H3,(H,28,34)/t25-/m0/s1. The summed E-state index contributed by atoms with van der Waals surface area (Å²) in [5, 5.41) is 13.9. The van der Waals surface area contributed by atoms with Crippen molar-refractivity contribution in [3.05, 3.63) is 87.5 Å². The number of H-pyrrole nitrogens is 1. The number of aromatic nitrogens is 5. The largest absolute Gasteiger partial charge is 0.322 e. The van der Waals surface area contributed by atoms with Crippen LogP contribution in [0.3, 0.4) is 0 Å². The molecule has 5 rings (SSSR count). The van der Waals surface area contributed by atoms with Crippen LogP contribution in [0.15, 0.2) is 59.4 Å². The Morgan fingerprint density at radius 3 is 2.68 bits per heavy atom. The van der Waals surface area contributed by atoms with Crippen molar-refractivity contribution in [1.82, 2.24) is 30.1 Å². The summed E-state index contributed by atoms with van der Waals surface area (Å²) in [6.45, 7) is 5.48. The number of hydrogen-bond acceptors (Lipinski definition) is 5. The molecule has 0 unspecified atom stereocenters. The maximum atomic E-state index is 13.0. The fraction of sp³-hybridized carbons (Fsp3) is 0.407. The minimum absolute atomic E-state index is 0.0157. The van der Waals surface area contributed by atoms with Gasteiger partial charge < -0.3 is 4.98 Å². The van der Waals surface area contributed by atoms with Crippen LogP contribution in [0.2, 0.25) is 0 Å². The minimum atomic E-state index is -0.0157. The van der Waals surface area contributed by atoms with Gasteiger partial charge in [-0.25, -0.2) is 4.68 Å². The van der Waals surface area contributed by atoms with E-state index in [1.54, 1.807) is 0 Å². The van der Waals surface area contributed by atoms with Crippen LogP contribution in [-0.2, 0) is 13.1 Å². The van der Waals surface area contributed by atoms with Gasteiger partial charge in [0.15, 0.2) is 5.82 Å². The molecule has 1 atom stereocenters. The number of hydrogen-bond donors (Lipinski definition) is 1. The van der Waals surface area contributed by atoms with E-state index in [9.17, 15) is 4.79 Å². The van der Waals surface area contributed by atoms with Gasteiger partial charge in [0.25, 0.3) is 5.56 Å². The fourth-order valence-electron chi connectivity index (χ4n) is 5.30. The number of aromatic amines is 1. The SMILES string of the molecule is CC[C@@H](c1nnnn1Cc1ccccc1)N(Cc1cc2cc(C)ccc2[nH]c1=O)C1CCCC1. The van der Waals surface area contributed by atoms with Gasteiger partial charge in [-0.05, 0) is 65.8 Å². The maximum absolute atomic E-state index is 13.0. The third-order valence-corrected chi connectivity index (χ3v) is 7.04. The Morgan fingerprint density at radius 2 is 1.91 bits per heavy atom. The lowest BCUT2D eigenvalue weighted by atomic mass is 10.0. The third-order valence-electron chi connectivity index (χ3n) is 7.04. The highest BCUT2D eigenvalue weighted by Crippen LogP contribution is 2.33. The van der Waals surface area contributed by atoms with E-state index in [-0.39, 0.29) is 11.6 Å². The summed E-state index contributed by atoms with van der Waals surface area (Å²) >= 11 is 0. The third kappa shape index (κ3) is 4.66. The van der Waals surface area contributed by atoms with E-state index in [4.69, 9.17) is 0 Å². The molecule has 7 nitrogen and oxygen atoms in total. The van der Waals surface area contributed by atoms with Crippen molar-refractivity contribution in [2.75, 3.05) is 0 Å². The van der Waals surface area contributed by atoms with E-state index in [1.807, 2.05) is 35.0 Å². The Balaban J connectivity index is 1.50. The predicted octanol–water partition coefficient (Wildman–Crippen LogP) is 4.77. The first-order valence-corrected chi connectivity index (χ1v) is 12.3. The molecule has 4 aromatic rings. The van der Waals surface area contributed by atoms with Gasteiger partial charge in [0.1, 0.15) is 0 Å². The zero-order valence-electron chi connectivity index (χ0n) is 19.9. The van der Waals surface area contributed by atoms with Crippen LogP contribution in [0, 0.1) is 6.92 Å². The zero-order valence-corrected chi connectivity index (χ0v) is 19.9. The smallest absolute Gasteiger partial charge is 0.252 e. The molecule has 0 spiro atoms. The lowest BCUT2D eigenvalue weighted by molar-refractivity contribution is 0.112. The first-order chi connectivity index (χ1) is 16.6. The summed E-state index contributed by atoms with van der Waals surface area (Å²) in [4.78, 5) is 18.6. The molecule has 34 heavy (non-hydrogen) atoms. The predicted molar refractivity (Wildman–Crippen MR) is 133 cm³/mol. The lowest BCUT2D eigenvalue weighted by Crippen LogP contribution is -2.39. The Kier molecular flexibility index (Phi) is 6.54. The van der Waals surface area contributed by atoms with Crippen LogP contribution in [0.1, 0.15) is 67.6 Å². The van der Waals surface area contributed by atoms with Crippen molar-refractivity contribution in [3.63, 3.8) is 0 Å². The topological polar surface area (TPSA) is 79.7 Å². The molecule has 176 valence electrons. The number of benzene rings is 2. The maximum Gasteiger partial charge on any atom is 0.252 e. The molecule has 2 heterocycles. The van der Waals surface area contributed by atoms with Crippen LogP contribution in [0.25, 0.3) is 10.9 Å². The fourth-order valence-corrected chi connectivity index (χ4v) is 5.30. The summed E-state index contributed by atoms with van der Waals surface area (Å²) in [6, 6.07) is 18.9. The molecule has 1 fully saturated rings. The molecule has 2 aromatic carbocycles. The molecule has 0 bridgehead atoms. The number of rotatable bonds is 8. The van der Waals surface area contributed by atoms with Gasteiger partial charge >= 0.3 is 0 Å². The van der Waals surface area contributed by atoms with Crippen molar-refractivity contribution in [3.8, 4) is 0 Å². The lowest BCUT2D eigenvalue weighted by Gasteiger charge is -2.35. The molecule has 1 aliphatic carbocycles. The van der Waals surface area contributed by atoms with Crippen molar-refractivity contribution < 1.29 is 0 Å². The number of nitrogens with zero attached hydrogens (tertiary/aromatic N) is 5. The molecule has 1 aliphatic rings. The molecular formula is C27H32N6O. The van der Waals surface area contributed by atoms with Crippen LogP contribution in [0.4, 0.5) is 0 Å². The average molecular weight is 457 g/mol. The van der Waals surface area contributed by atoms with E-state index in [0.717, 1.165) is 41.6 Å². The van der Waals surface area contributed by atoms with E-state index in [2.05, 4.69) is 63.5 Å². The monoisotopic (exact) mass is 456 g/mol. The van der Waals surface area contributed by atoms with Gasteiger partial charge in [-0.15, -0.1) is 5.10 Å². The van der Waals surface area contributed by atoms with Gasteiger partial charge in [-0.2, -0.15) is 0 Å². The quantitative estimate of drug-likeness (QED) is 0.413. The number of aryl methyl sites for hydroxylation is 1. The Morgan fingerprint density at radius 1 is 1.12 bits per heavy atom. The van der Waals surface area contributed by atoms with Crippen molar-refractivity contribution in [2.24, 2.45) is 0 Å². The summed E-state index contributed by atoms with van der Waals surface area (Å²) in [6.07, 6.45) is 5.60. The molecule has 1 saturated carbocycles. The molecule has 2 aromatic heterocycles. The summed E-state index contributed by atoms with van der Waals surface area (Å²) in [5.41, 5.74) is 4.01. The second kappa shape index (κ2) is 9.89. The van der Waals surface area contributed by atoms with Crippen molar-refractivity contribution in [2.45, 2.75) is 71.1 Å². The van der Waals surface area contributed by atoms with E-state index >= 15 is 0 Å². The normalized spacial score (nSPS) is 15.4. The Labute approximate surface area is 199 Å².